The first kappa shape index (κ1) is 16.0. The molecule has 0 aromatic heterocycles. The Morgan fingerprint density at radius 3 is 1.85 bits per heavy atom. The van der Waals surface area contributed by atoms with Crippen molar-refractivity contribution in [2.24, 2.45) is 35.0 Å². The highest BCUT2D eigenvalue weighted by atomic mass is 16.1. The van der Waals surface area contributed by atoms with E-state index >= 15 is 0 Å². The Bertz CT molecular complexity index is 330. The van der Waals surface area contributed by atoms with Gasteiger partial charge >= 0.3 is 0 Å². The molecule has 0 N–H and O–H groups in total. The van der Waals surface area contributed by atoms with E-state index in [4.69, 9.17) is 0 Å². The van der Waals surface area contributed by atoms with E-state index in [0.29, 0.717) is 23.0 Å². The fourth-order valence-electron chi connectivity index (χ4n) is 4.38. The van der Waals surface area contributed by atoms with Crippen LogP contribution in [0.1, 0.15) is 79.6 Å². The van der Waals surface area contributed by atoms with E-state index in [0.717, 1.165) is 43.4 Å². The molecule has 1 nitrogen and oxygen atoms in total. The molecule has 2 aliphatic rings. The van der Waals surface area contributed by atoms with Crippen LogP contribution in [0, 0.1) is 35.0 Å². The number of rotatable bonds is 2. The molecule has 0 radical (unpaired) electrons. The molecule has 0 aromatic rings. The summed E-state index contributed by atoms with van der Waals surface area (Å²) >= 11 is 0. The average Bonchev–Trinajstić information content (AvgIpc) is 2.40. The van der Waals surface area contributed by atoms with Crippen LogP contribution >= 0.6 is 0 Å². The quantitative estimate of drug-likeness (QED) is 0.653. The van der Waals surface area contributed by atoms with Gasteiger partial charge in [-0.1, -0.05) is 34.6 Å². The third kappa shape index (κ3) is 3.65. The van der Waals surface area contributed by atoms with E-state index in [-0.39, 0.29) is 0 Å². The summed E-state index contributed by atoms with van der Waals surface area (Å²) in [5, 5.41) is 0. The lowest BCUT2D eigenvalue weighted by atomic mass is 9.66. The van der Waals surface area contributed by atoms with Crippen molar-refractivity contribution in [1.82, 2.24) is 0 Å². The third-order valence-corrected chi connectivity index (χ3v) is 6.35. The van der Waals surface area contributed by atoms with Crippen molar-refractivity contribution in [3.63, 3.8) is 0 Å². The van der Waals surface area contributed by atoms with Crippen LogP contribution < -0.4 is 0 Å². The van der Waals surface area contributed by atoms with Gasteiger partial charge in [-0.15, -0.1) is 0 Å². The average molecular weight is 278 g/mol. The summed E-state index contributed by atoms with van der Waals surface area (Å²) in [6.07, 6.45) is 8.40. The van der Waals surface area contributed by atoms with Crippen molar-refractivity contribution < 1.29 is 4.79 Å². The van der Waals surface area contributed by atoms with E-state index in [9.17, 15) is 4.79 Å². The van der Waals surface area contributed by atoms with Gasteiger partial charge in [0.05, 0.1) is 0 Å². The zero-order valence-electron chi connectivity index (χ0n) is 14.2. The van der Waals surface area contributed by atoms with Crippen molar-refractivity contribution in [1.29, 1.82) is 0 Å². The molecule has 0 saturated heterocycles. The minimum atomic E-state index is 0.386. The second-order valence-electron chi connectivity index (χ2n) is 8.78. The van der Waals surface area contributed by atoms with Crippen LogP contribution in [0.25, 0.3) is 0 Å². The van der Waals surface area contributed by atoms with Crippen LogP contribution in [0.2, 0.25) is 0 Å². The van der Waals surface area contributed by atoms with Gasteiger partial charge in [0.1, 0.15) is 5.78 Å². The van der Waals surface area contributed by atoms with Crippen molar-refractivity contribution in [2.45, 2.75) is 79.6 Å². The van der Waals surface area contributed by atoms with Gasteiger partial charge in [0, 0.05) is 11.8 Å². The summed E-state index contributed by atoms with van der Waals surface area (Å²) in [5.41, 5.74) is 0.419. The second-order valence-corrected chi connectivity index (χ2v) is 8.78. The smallest absolute Gasteiger partial charge is 0.139 e. The van der Waals surface area contributed by atoms with Crippen LogP contribution in [0.15, 0.2) is 0 Å². The van der Waals surface area contributed by atoms with Gasteiger partial charge in [-0.3, -0.25) is 4.79 Å². The lowest BCUT2D eigenvalue weighted by molar-refractivity contribution is -0.130. The topological polar surface area (TPSA) is 17.1 Å². The zero-order valence-corrected chi connectivity index (χ0v) is 14.2. The molecule has 0 aromatic carbocycles. The van der Waals surface area contributed by atoms with Crippen molar-refractivity contribution >= 4 is 5.78 Å². The fraction of sp³-hybridized carbons (Fsp3) is 0.947. The first-order chi connectivity index (χ1) is 9.29. The lowest BCUT2D eigenvalue weighted by Gasteiger charge is -2.38. The molecule has 3 unspecified atom stereocenters. The Kier molecular flexibility index (Phi) is 4.97. The maximum absolute atomic E-state index is 12.8. The third-order valence-electron chi connectivity index (χ3n) is 6.35. The van der Waals surface area contributed by atoms with Gasteiger partial charge in [0.15, 0.2) is 0 Å². The Labute approximate surface area is 125 Å². The molecule has 1 heteroatoms. The van der Waals surface area contributed by atoms with E-state index in [2.05, 4.69) is 34.6 Å². The largest absolute Gasteiger partial charge is 0.299 e. The number of ketones is 1. The number of carbonyl (C=O) groups excluding carboxylic acids is 1. The fourth-order valence-corrected chi connectivity index (χ4v) is 4.38. The van der Waals surface area contributed by atoms with E-state index in [1.165, 1.54) is 19.3 Å². The number of hydrogen-bond acceptors (Lipinski definition) is 1. The Hall–Kier alpha value is -0.330. The monoisotopic (exact) mass is 278 g/mol. The molecule has 2 aliphatic carbocycles. The number of hydrogen-bond donors (Lipinski definition) is 0. The van der Waals surface area contributed by atoms with Crippen LogP contribution in [0.5, 0.6) is 0 Å². The second kappa shape index (κ2) is 6.20. The summed E-state index contributed by atoms with van der Waals surface area (Å²) in [7, 11) is 0. The predicted molar refractivity (Wildman–Crippen MR) is 85.6 cm³/mol. The van der Waals surface area contributed by atoms with Gasteiger partial charge in [-0.25, -0.2) is 0 Å². The molecule has 2 fully saturated rings. The highest BCUT2D eigenvalue weighted by Gasteiger charge is 2.36. The van der Waals surface area contributed by atoms with Gasteiger partial charge < -0.3 is 0 Å². The van der Waals surface area contributed by atoms with Gasteiger partial charge in [0.2, 0.25) is 0 Å². The normalized spacial score (nSPS) is 39.5. The SMILES string of the molecule is CC1CCC(C(=O)C2CCC(C(C)(C)C)CC2)CC1C. The van der Waals surface area contributed by atoms with Gasteiger partial charge in [0.25, 0.3) is 0 Å². The maximum Gasteiger partial charge on any atom is 0.139 e. The van der Waals surface area contributed by atoms with Crippen molar-refractivity contribution in [2.75, 3.05) is 0 Å². The molecule has 0 amide bonds. The van der Waals surface area contributed by atoms with Gasteiger partial charge in [-0.05, 0) is 68.1 Å². The summed E-state index contributed by atoms with van der Waals surface area (Å²) in [4.78, 5) is 12.8. The molecule has 116 valence electrons. The molecular weight excluding hydrogens is 244 g/mol. The minimum Gasteiger partial charge on any atom is -0.299 e. The standard InChI is InChI=1S/C19H34O/c1-13-6-7-16(12-14(13)2)18(20)15-8-10-17(11-9-15)19(3,4)5/h13-17H,6-12H2,1-5H3. The number of carbonyl (C=O) groups is 1. The summed E-state index contributed by atoms with van der Waals surface area (Å²) in [5.74, 6) is 3.77. The lowest BCUT2D eigenvalue weighted by Crippen LogP contribution is -2.34. The molecular formula is C19H34O. The number of Topliss-reactive ketones (excluding diaryl/α,β-unsaturated/α-hetero) is 1. The minimum absolute atomic E-state index is 0.386. The summed E-state index contributed by atoms with van der Waals surface area (Å²) in [6.45, 7) is 11.7. The van der Waals surface area contributed by atoms with Crippen LogP contribution in [-0.2, 0) is 4.79 Å². The van der Waals surface area contributed by atoms with Gasteiger partial charge in [-0.2, -0.15) is 0 Å². The Morgan fingerprint density at radius 1 is 0.800 bits per heavy atom. The van der Waals surface area contributed by atoms with Crippen LogP contribution in [0.4, 0.5) is 0 Å². The Morgan fingerprint density at radius 2 is 1.35 bits per heavy atom. The van der Waals surface area contributed by atoms with Crippen molar-refractivity contribution in [3.05, 3.63) is 0 Å². The first-order valence-electron chi connectivity index (χ1n) is 8.82. The molecule has 20 heavy (non-hydrogen) atoms. The molecule has 0 heterocycles. The maximum atomic E-state index is 12.8. The molecule has 3 atom stereocenters. The molecule has 0 spiro atoms. The van der Waals surface area contributed by atoms with Crippen LogP contribution in [0.3, 0.4) is 0 Å². The highest BCUT2D eigenvalue weighted by molar-refractivity contribution is 5.83. The molecule has 2 saturated carbocycles. The van der Waals surface area contributed by atoms with E-state index in [1.807, 2.05) is 0 Å². The molecule has 0 bridgehead atoms. The first-order valence-corrected chi connectivity index (χ1v) is 8.82. The molecule has 2 rings (SSSR count). The predicted octanol–water partition coefficient (Wildman–Crippen LogP) is 5.48. The zero-order chi connectivity index (χ0) is 14.9. The van der Waals surface area contributed by atoms with Crippen molar-refractivity contribution in [3.8, 4) is 0 Å². The highest BCUT2D eigenvalue weighted by Crippen LogP contribution is 2.42. The summed E-state index contributed by atoms with van der Waals surface area (Å²) < 4.78 is 0. The van der Waals surface area contributed by atoms with E-state index < -0.39 is 0 Å². The summed E-state index contributed by atoms with van der Waals surface area (Å²) in [6, 6.07) is 0. The Balaban J connectivity index is 1.86. The molecule has 0 aliphatic heterocycles. The van der Waals surface area contributed by atoms with Crippen LogP contribution in [-0.4, -0.2) is 5.78 Å². The van der Waals surface area contributed by atoms with E-state index in [1.54, 1.807) is 0 Å².